The van der Waals surface area contributed by atoms with Crippen molar-refractivity contribution in [2.24, 2.45) is 5.73 Å². The second-order valence-corrected chi connectivity index (χ2v) is 59.3. The van der Waals surface area contributed by atoms with E-state index in [2.05, 4.69) is 222 Å². The first-order valence-corrected chi connectivity index (χ1v) is 59.3. The lowest BCUT2D eigenvalue weighted by molar-refractivity contribution is -0.119. The number of hydrogen-bond donors (Lipinski definition) is 8. The number of nitrogen functional groups attached to an aromatic ring is 4. The summed E-state index contributed by atoms with van der Waals surface area (Å²) in [5, 5.41) is 42.9. The minimum atomic E-state index is -1.81. The topological polar surface area (TPSA) is 457 Å². The highest BCUT2D eigenvalue weighted by Crippen LogP contribution is 2.40. The molecule has 0 aliphatic heterocycles. The fourth-order valence-electron chi connectivity index (χ4n) is 12.4. The first-order valence-electron chi connectivity index (χ1n) is 49.4. The number of aryl methyl sites for hydroxylation is 2. The van der Waals surface area contributed by atoms with Crippen LogP contribution in [0.2, 0.25) is 69.5 Å². The first kappa shape index (κ1) is 125. The van der Waals surface area contributed by atoms with E-state index in [1.807, 2.05) is 136 Å². The summed E-state index contributed by atoms with van der Waals surface area (Å²) in [4.78, 5) is 85.9. The number of carboxylic acids is 1. The number of aliphatic hydroxyl groups is 2. The van der Waals surface area contributed by atoms with Gasteiger partial charge in [0.2, 0.25) is 0 Å². The molecule has 149 heavy (non-hydrogen) atoms. The zero-order chi connectivity index (χ0) is 111. The van der Waals surface area contributed by atoms with Crippen LogP contribution >= 0.6 is 34.8 Å². The van der Waals surface area contributed by atoms with Crippen LogP contribution in [-0.4, -0.2) is 140 Å². The zero-order valence-corrected chi connectivity index (χ0v) is 96.8. The Labute approximate surface area is 898 Å². The summed E-state index contributed by atoms with van der Waals surface area (Å²) < 4.78 is 28.9. The van der Waals surface area contributed by atoms with Gasteiger partial charge in [-0.15, -0.1) is 0 Å². The number of carbonyl (C=O) groups is 5. The van der Waals surface area contributed by atoms with E-state index in [0.717, 1.165) is 90.4 Å². The monoisotopic (exact) mass is 2150 g/mol. The van der Waals surface area contributed by atoms with E-state index in [4.69, 9.17) is 107 Å². The van der Waals surface area contributed by atoms with Crippen LogP contribution in [0, 0.1) is 0 Å². The summed E-state index contributed by atoms with van der Waals surface area (Å²) in [6.45, 7) is 58.7. The number of nitrogens with zero attached hydrogens (tertiary/aromatic N) is 13. The lowest BCUT2D eigenvalue weighted by atomic mass is 9.92. The van der Waals surface area contributed by atoms with Gasteiger partial charge in [0, 0.05) is 142 Å². The van der Waals surface area contributed by atoms with E-state index in [1.54, 1.807) is 68.8 Å². The fraction of sp³-hybridized carbons (Fsp3) is 0.407. The summed E-state index contributed by atoms with van der Waals surface area (Å²) in [5.74, 6) is 0.793. The smallest absolute Gasteiger partial charge is 0.339 e. The highest BCUT2D eigenvalue weighted by atomic mass is 35.5. The van der Waals surface area contributed by atoms with Crippen LogP contribution in [0.15, 0.2) is 219 Å². The molecule has 36 heteroatoms. The number of carbonyl (C=O) groups excluding carboxylic acids is 4. The lowest BCUT2D eigenvalue weighted by Gasteiger charge is -2.36. The Morgan fingerprint density at radius 1 is 0.369 bits per heavy atom. The number of Topliss-reactive ketones (excluding diaryl/α,β-unsaturated/α-hetero) is 3. The third kappa shape index (κ3) is 43.0. The maximum Gasteiger partial charge on any atom is 0.339 e. The Balaban J connectivity index is 0.000000271. The van der Waals surface area contributed by atoms with Gasteiger partial charge in [-0.05, 0) is 236 Å². The van der Waals surface area contributed by atoms with Gasteiger partial charge in [-0.2, -0.15) is 15.3 Å². The van der Waals surface area contributed by atoms with Crippen molar-refractivity contribution >= 4 is 112 Å². The molecule has 0 spiro atoms. The standard InChI is InChI=1S/C29H40ClN3O2Si.C23H26ClN3O2.C15H25NO2Si.C14H18ClN3.C12H22N2OSi.C8H10N2O2.C6H6N2O2.C6H8N2O/c1-28(2,3)27-18-25(33(32-27)24-11-9-10-22(30)16-24)14-15-26(34)17-23-13-12-21(19-31-23)20-35-36(7,8)29(4,5)6;1-23(2,3)22-13-20(27(26-22)19-6-4-5-17(24)11-19)9-10-21(29)12-18-8-7-16(15-28)14-25-18;1-12(17)9-14-8-7-13(10-16-14)11-18-19(5,6)15(2,3)4;1-14(2,3)13-8-12(9-16)18(17-13)11-6-4-5-10(15)7-11;1-12(2,3)16(4,5)15-9-10-6-7-11(13)14-8-10;1-2-12-8(11)6-3-4-7(9)10-5-6;7-5-2-1-4(3-8-5)6(9)10;7-6-2-1-5(4-9)3-8-6/h9-13,16,18-19H,14-15,17,20H2,1-8H3;4-8,11,13-14,28H,9-10,12,15H2,1-3H3;7-8,10H,9,11H2,1-6H3;4-8H,9,16H2,1-3H3;6-8H,9H2,1-5H3,(H2,13,14);3-5H,2H2,1H3,(H2,9,10);1-3H,(H2,7,8)(H,9,10);1-3,9H,4H2,(H2,7,8). The van der Waals surface area contributed by atoms with Gasteiger partial charge in [0.05, 0.1) is 90.6 Å². The van der Waals surface area contributed by atoms with E-state index in [-0.39, 0.29) is 79.9 Å². The van der Waals surface area contributed by atoms with Gasteiger partial charge in [-0.1, -0.05) is 208 Å². The minimum absolute atomic E-state index is 0.00768. The highest BCUT2D eigenvalue weighted by molar-refractivity contribution is 6.75. The summed E-state index contributed by atoms with van der Waals surface area (Å²) in [6.07, 6.45) is 14.2. The van der Waals surface area contributed by atoms with Crippen LogP contribution in [0.25, 0.3) is 17.1 Å². The second kappa shape index (κ2) is 57.1. The highest BCUT2D eigenvalue weighted by Gasteiger charge is 2.40. The van der Waals surface area contributed by atoms with Crippen molar-refractivity contribution in [2.75, 3.05) is 29.5 Å². The number of anilines is 4. The van der Waals surface area contributed by atoms with Crippen molar-refractivity contribution in [1.82, 2.24) is 64.2 Å². The molecule has 30 nitrogen and oxygen atoms in total. The number of ketones is 3. The van der Waals surface area contributed by atoms with Crippen LogP contribution in [0.1, 0.15) is 251 Å². The molecule has 3 aromatic carbocycles. The molecule has 0 radical (unpaired) electrons. The van der Waals surface area contributed by atoms with E-state index in [0.29, 0.717) is 121 Å². The Bertz CT molecular complexity index is 6390. The van der Waals surface area contributed by atoms with Crippen molar-refractivity contribution in [1.29, 1.82) is 0 Å². The van der Waals surface area contributed by atoms with Crippen LogP contribution < -0.4 is 28.7 Å². The zero-order valence-electron chi connectivity index (χ0n) is 91.5. The van der Waals surface area contributed by atoms with Gasteiger partial charge in [0.25, 0.3) is 0 Å². The van der Waals surface area contributed by atoms with Crippen molar-refractivity contribution in [3.63, 3.8) is 0 Å². The molecule has 0 saturated heterocycles. The molecular formula is C113H155Cl3N18O12Si3. The average Bonchev–Trinajstić information content (AvgIpc) is 1.67. The number of aromatic carboxylic acids is 1. The van der Waals surface area contributed by atoms with Gasteiger partial charge >= 0.3 is 11.9 Å². The van der Waals surface area contributed by atoms with E-state index < -0.39 is 30.9 Å². The van der Waals surface area contributed by atoms with Crippen LogP contribution in [0.3, 0.4) is 0 Å². The molecule has 13 N–H and O–H groups in total. The number of aromatic nitrogens is 13. The van der Waals surface area contributed by atoms with E-state index >= 15 is 0 Å². The van der Waals surface area contributed by atoms with Gasteiger partial charge in [0.15, 0.2) is 25.0 Å². The summed E-state index contributed by atoms with van der Waals surface area (Å²) >= 11 is 18.4. The molecule has 0 atom stereocenters. The maximum absolute atomic E-state index is 12.8. The summed E-state index contributed by atoms with van der Waals surface area (Å²) in [5.41, 5.74) is 43.3. The van der Waals surface area contributed by atoms with E-state index in [1.165, 1.54) is 24.5 Å². The number of ether oxygens (including phenoxy) is 1. The van der Waals surface area contributed by atoms with Crippen LogP contribution in [0.4, 0.5) is 23.3 Å². The number of esters is 1. The molecule has 0 bridgehead atoms. The average molecular weight is 2150 g/mol. The molecule has 10 aromatic heterocycles. The number of aliphatic hydroxyl groups excluding tert-OH is 2. The van der Waals surface area contributed by atoms with Gasteiger partial charge in [0.1, 0.15) is 40.6 Å². The van der Waals surface area contributed by atoms with Gasteiger partial charge in [-0.3, -0.25) is 29.3 Å². The molecule has 13 rings (SSSR count). The molecular weight excluding hydrogens is 1990 g/mol. The number of nitrogens with two attached hydrogens (primary N) is 5. The molecule has 0 unspecified atom stereocenters. The lowest BCUT2D eigenvalue weighted by Crippen LogP contribution is -2.40. The minimum Gasteiger partial charge on any atom is -0.478 e. The Morgan fingerprint density at radius 2 is 0.658 bits per heavy atom. The first-order chi connectivity index (χ1) is 69.4. The Morgan fingerprint density at radius 3 is 0.919 bits per heavy atom. The molecule has 10 heterocycles. The van der Waals surface area contributed by atoms with Crippen LogP contribution in [-0.2, 0) is 120 Å². The normalized spacial score (nSPS) is 11.7. The molecule has 0 saturated carbocycles. The number of halogens is 3. The van der Waals surface area contributed by atoms with Crippen LogP contribution in [0.5, 0.6) is 0 Å². The number of hydrogen-bond acceptors (Lipinski definition) is 26. The number of rotatable bonds is 30. The predicted octanol–water partition coefficient (Wildman–Crippen LogP) is 23.5. The number of carboxylic acid groups (broad SMARTS) is 1. The fourth-order valence-corrected chi connectivity index (χ4v) is 15.9. The third-order valence-electron chi connectivity index (χ3n) is 24.8. The van der Waals surface area contributed by atoms with E-state index in [9.17, 15) is 24.0 Å². The van der Waals surface area contributed by atoms with Crippen molar-refractivity contribution < 1.29 is 57.3 Å². The maximum atomic E-state index is 12.8. The van der Waals surface area contributed by atoms with Crippen molar-refractivity contribution in [2.45, 2.75) is 294 Å². The predicted molar refractivity (Wildman–Crippen MR) is 606 cm³/mol. The SMILES string of the molecule is CC(=O)Cc1ccc(CO[Si](C)(C)C(C)(C)C)cn1.CC(C)(C)[Si](C)(C)OCc1ccc(N)nc1.CC(C)(C)c1cc(CCC(=O)Cc2ccc(CO)cn2)n(-c2cccc(Cl)c2)n1.CC(C)(C)c1cc(CCC(=O)Cc2ccc(CO[Si](C)(C)C(C)(C)C)cn2)n(-c2cccc(Cl)c2)n1.CC(C)(C)c1cc(CN)n(-c2cccc(Cl)c2)n1.CCOC(=O)c1ccc(N)nc1.Nc1ccc(C(=O)O)cn1.Nc1ccc(CO)cn1. The molecule has 0 fully saturated rings. The molecule has 0 aliphatic rings. The number of benzene rings is 3. The second-order valence-electron chi connectivity index (χ2n) is 43.6. The van der Waals surface area contributed by atoms with Crippen molar-refractivity contribution in [3.8, 4) is 17.1 Å². The van der Waals surface area contributed by atoms with Crippen molar-refractivity contribution in [3.05, 3.63) is 325 Å². The van der Waals surface area contributed by atoms with Gasteiger partial charge < -0.3 is 62.0 Å². The Kier molecular flexibility index (Phi) is 48.1. The van der Waals surface area contributed by atoms with Gasteiger partial charge in [-0.25, -0.2) is 43.6 Å². The Hall–Kier alpha value is -12.2. The largest absolute Gasteiger partial charge is 0.478 e. The molecule has 802 valence electrons. The molecule has 0 aliphatic carbocycles. The molecule has 13 aromatic rings. The summed E-state index contributed by atoms with van der Waals surface area (Å²) in [6, 6.07) is 53.7. The molecule has 0 amide bonds. The summed E-state index contributed by atoms with van der Waals surface area (Å²) in [7, 11) is -5.18. The third-order valence-corrected chi connectivity index (χ3v) is 38.9. The number of pyridine rings is 7. The quantitative estimate of drug-likeness (QED) is 0.0153.